The average molecular weight is 297 g/mol. The van der Waals surface area contributed by atoms with Crippen molar-refractivity contribution in [3.05, 3.63) is 78.4 Å². The Balaban J connectivity index is 1.85. The topological polar surface area (TPSA) is 41.5 Å². The first-order valence-electron chi connectivity index (χ1n) is 7.49. The van der Waals surface area contributed by atoms with Crippen molar-refractivity contribution in [2.45, 2.75) is 25.6 Å². The van der Waals surface area contributed by atoms with Gasteiger partial charge in [0.1, 0.15) is 12.4 Å². The van der Waals surface area contributed by atoms with Crippen molar-refractivity contribution < 1.29 is 9.84 Å². The van der Waals surface area contributed by atoms with Gasteiger partial charge in [0, 0.05) is 12.6 Å². The van der Waals surface area contributed by atoms with Crippen LogP contribution in [0.25, 0.3) is 0 Å². The summed E-state index contributed by atoms with van der Waals surface area (Å²) in [7, 11) is 0. The fraction of sp³-hybridized carbons (Fsp3) is 0.263. The molecule has 0 aromatic heterocycles. The molecule has 3 heteroatoms. The molecule has 2 rings (SSSR count). The zero-order valence-electron chi connectivity index (χ0n) is 12.9. The van der Waals surface area contributed by atoms with Crippen LogP contribution >= 0.6 is 0 Å². The molecule has 0 saturated carbocycles. The molecule has 2 atom stereocenters. The Labute approximate surface area is 132 Å². The van der Waals surface area contributed by atoms with Crippen LogP contribution in [0.5, 0.6) is 5.75 Å². The van der Waals surface area contributed by atoms with E-state index in [2.05, 4.69) is 11.9 Å². The van der Waals surface area contributed by atoms with E-state index in [9.17, 15) is 5.11 Å². The second-order valence-electron chi connectivity index (χ2n) is 5.27. The first-order valence-corrected chi connectivity index (χ1v) is 7.49. The van der Waals surface area contributed by atoms with E-state index in [-0.39, 0.29) is 6.04 Å². The lowest BCUT2D eigenvalue weighted by Crippen LogP contribution is -2.31. The van der Waals surface area contributed by atoms with E-state index in [1.807, 2.05) is 61.5 Å². The maximum atomic E-state index is 10.3. The lowest BCUT2D eigenvalue weighted by atomic mass is 10.0. The summed E-state index contributed by atoms with van der Waals surface area (Å²) >= 11 is 0. The fourth-order valence-electron chi connectivity index (χ4n) is 2.19. The second kappa shape index (κ2) is 8.37. The molecule has 116 valence electrons. The molecule has 3 nitrogen and oxygen atoms in total. The van der Waals surface area contributed by atoms with Crippen molar-refractivity contribution in [3.63, 3.8) is 0 Å². The summed E-state index contributed by atoms with van der Waals surface area (Å²) in [4.78, 5) is 0. The standard InChI is InChI=1S/C19H23NO2/c1-3-13-22-18-11-9-16(10-12-18)14-20-15(2)19(21)17-7-5-4-6-8-17/h3-12,15,19-21H,1,13-14H2,2H3/t15-,19-/m0/s1. The van der Waals surface area contributed by atoms with Crippen LogP contribution in [0.3, 0.4) is 0 Å². The van der Waals surface area contributed by atoms with Crippen LogP contribution in [0, 0.1) is 0 Å². The number of rotatable bonds is 8. The van der Waals surface area contributed by atoms with Gasteiger partial charge in [-0.05, 0) is 30.2 Å². The Morgan fingerprint density at radius 1 is 1.14 bits per heavy atom. The van der Waals surface area contributed by atoms with Gasteiger partial charge in [0.2, 0.25) is 0 Å². The van der Waals surface area contributed by atoms with E-state index < -0.39 is 6.10 Å². The van der Waals surface area contributed by atoms with E-state index in [0.717, 1.165) is 16.9 Å². The molecule has 0 fully saturated rings. The van der Waals surface area contributed by atoms with Gasteiger partial charge in [-0.25, -0.2) is 0 Å². The van der Waals surface area contributed by atoms with Gasteiger partial charge >= 0.3 is 0 Å². The summed E-state index contributed by atoms with van der Waals surface area (Å²) < 4.78 is 5.45. The van der Waals surface area contributed by atoms with Crippen LogP contribution in [-0.4, -0.2) is 17.8 Å². The third-order valence-corrected chi connectivity index (χ3v) is 3.53. The minimum atomic E-state index is -0.517. The number of hydrogen-bond acceptors (Lipinski definition) is 3. The zero-order chi connectivity index (χ0) is 15.8. The molecular weight excluding hydrogens is 274 g/mol. The summed E-state index contributed by atoms with van der Waals surface area (Å²) in [6, 6.07) is 17.6. The first-order chi connectivity index (χ1) is 10.7. The molecule has 0 radical (unpaired) electrons. The molecule has 22 heavy (non-hydrogen) atoms. The number of nitrogens with one attached hydrogen (secondary N) is 1. The SMILES string of the molecule is C=CCOc1ccc(CN[C@@H](C)[C@H](O)c2ccccc2)cc1. The first kappa shape index (κ1) is 16.3. The van der Waals surface area contributed by atoms with Crippen LogP contribution in [0.1, 0.15) is 24.2 Å². The highest BCUT2D eigenvalue weighted by Gasteiger charge is 2.15. The second-order valence-corrected chi connectivity index (χ2v) is 5.27. The Kier molecular flexibility index (Phi) is 6.19. The summed E-state index contributed by atoms with van der Waals surface area (Å²) in [6.45, 7) is 6.82. The highest BCUT2D eigenvalue weighted by Crippen LogP contribution is 2.17. The summed E-state index contributed by atoms with van der Waals surface area (Å²) in [5.41, 5.74) is 2.08. The number of ether oxygens (including phenoxy) is 1. The van der Waals surface area contributed by atoms with E-state index in [1.165, 1.54) is 0 Å². The van der Waals surface area contributed by atoms with Crippen LogP contribution in [0.2, 0.25) is 0 Å². The normalized spacial score (nSPS) is 13.4. The zero-order valence-corrected chi connectivity index (χ0v) is 12.9. The number of aliphatic hydroxyl groups is 1. The van der Waals surface area contributed by atoms with Crippen molar-refractivity contribution >= 4 is 0 Å². The van der Waals surface area contributed by atoms with Crippen molar-refractivity contribution in [2.24, 2.45) is 0 Å². The Morgan fingerprint density at radius 3 is 2.45 bits per heavy atom. The predicted octanol–water partition coefficient (Wildman–Crippen LogP) is 3.46. The summed E-state index contributed by atoms with van der Waals surface area (Å²) in [5.74, 6) is 0.834. The van der Waals surface area contributed by atoms with Crippen LogP contribution in [0.4, 0.5) is 0 Å². The molecule has 0 spiro atoms. The lowest BCUT2D eigenvalue weighted by molar-refractivity contribution is 0.135. The maximum Gasteiger partial charge on any atom is 0.119 e. The maximum absolute atomic E-state index is 10.3. The third kappa shape index (κ3) is 4.72. The molecular formula is C19H23NO2. The molecule has 0 heterocycles. The van der Waals surface area contributed by atoms with Gasteiger partial charge in [0.15, 0.2) is 0 Å². The smallest absolute Gasteiger partial charge is 0.119 e. The van der Waals surface area contributed by atoms with Crippen LogP contribution < -0.4 is 10.1 Å². The third-order valence-electron chi connectivity index (χ3n) is 3.53. The van der Waals surface area contributed by atoms with Crippen LogP contribution in [0.15, 0.2) is 67.3 Å². The Hall–Kier alpha value is -2.10. The quantitative estimate of drug-likeness (QED) is 0.733. The number of hydrogen-bond donors (Lipinski definition) is 2. The van der Waals surface area contributed by atoms with Gasteiger partial charge in [-0.1, -0.05) is 55.1 Å². The molecule has 0 aliphatic carbocycles. The molecule has 0 unspecified atom stereocenters. The molecule has 0 aliphatic heterocycles. The highest BCUT2D eigenvalue weighted by atomic mass is 16.5. The number of benzene rings is 2. The minimum Gasteiger partial charge on any atom is -0.490 e. The van der Waals surface area contributed by atoms with Crippen molar-refractivity contribution in [1.82, 2.24) is 5.32 Å². The average Bonchev–Trinajstić information content (AvgIpc) is 2.58. The monoisotopic (exact) mass is 297 g/mol. The van der Waals surface area contributed by atoms with Crippen molar-refractivity contribution in [2.75, 3.05) is 6.61 Å². The molecule has 2 N–H and O–H groups in total. The van der Waals surface area contributed by atoms with E-state index in [4.69, 9.17) is 4.74 Å². The fourth-order valence-corrected chi connectivity index (χ4v) is 2.19. The molecule has 0 amide bonds. The summed E-state index contributed by atoms with van der Waals surface area (Å²) in [6.07, 6.45) is 1.21. The van der Waals surface area contributed by atoms with Crippen LogP contribution in [-0.2, 0) is 6.54 Å². The van der Waals surface area contributed by atoms with E-state index in [0.29, 0.717) is 13.2 Å². The molecule has 2 aromatic rings. The Morgan fingerprint density at radius 2 is 1.82 bits per heavy atom. The van der Waals surface area contributed by atoms with Gasteiger partial charge in [0.25, 0.3) is 0 Å². The molecule has 0 aliphatic rings. The molecule has 0 saturated heterocycles. The predicted molar refractivity (Wildman–Crippen MR) is 89.8 cm³/mol. The van der Waals surface area contributed by atoms with E-state index >= 15 is 0 Å². The molecule has 2 aromatic carbocycles. The van der Waals surface area contributed by atoms with Gasteiger partial charge in [-0.3, -0.25) is 0 Å². The van der Waals surface area contributed by atoms with Gasteiger partial charge < -0.3 is 15.2 Å². The van der Waals surface area contributed by atoms with Crippen molar-refractivity contribution in [1.29, 1.82) is 0 Å². The minimum absolute atomic E-state index is 0.0286. The van der Waals surface area contributed by atoms with Gasteiger partial charge in [-0.15, -0.1) is 0 Å². The van der Waals surface area contributed by atoms with Gasteiger partial charge in [-0.2, -0.15) is 0 Å². The largest absolute Gasteiger partial charge is 0.490 e. The number of aliphatic hydroxyl groups excluding tert-OH is 1. The van der Waals surface area contributed by atoms with Gasteiger partial charge in [0.05, 0.1) is 6.10 Å². The van der Waals surface area contributed by atoms with E-state index in [1.54, 1.807) is 6.08 Å². The lowest BCUT2D eigenvalue weighted by Gasteiger charge is -2.20. The summed E-state index contributed by atoms with van der Waals surface area (Å²) in [5, 5.41) is 13.7. The molecule has 0 bridgehead atoms. The Bertz CT molecular complexity index is 566. The van der Waals surface area contributed by atoms with Crippen molar-refractivity contribution in [3.8, 4) is 5.75 Å². The highest BCUT2D eigenvalue weighted by molar-refractivity contribution is 5.27.